The molecule has 0 fully saturated rings. The Balaban J connectivity index is 1.49. The predicted octanol–water partition coefficient (Wildman–Crippen LogP) is 3.71. The summed E-state index contributed by atoms with van der Waals surface area (Å²) < 4.78 is 13.2. The number of benzene rings is 2. The summed E-state index contributed by atoms with van der Waals surface area (Å²) in [7, 11) is 3.44. The fourth-order valence-corrected chi connectivity index (χ4v) is 3.55. The zero-order chi connectivity index (χ0) is 23.3. The zero-order valence-electron chi connectivity index (χ0n) is 19.9. The average Bonchev–Trinajstić information content (AvgIpc) is 3.28. The first-order valence-electron chi connectivity index (χ1n) is 11.4. The van der Waals surface area contributed by atoms with Crippen LogP contribution >= 0.6 is 0 Å². The Morgan fingerprint density at radius 3 is 2.67 bits per heavy atom. The molecule has 0 atom stereocenters. The highest BCUT2D eigenvalue weighted by Crippen LogP contribution is 2.20. The van der Waals surface area contributed by atoms with E-state index in [1.165, 1.54) is 5.56 Å². The Morgan fingerprint density at radius 2 is 1.88 bits per heavy atom. The fourth-order valence-electron chi connectivity index (χ4n) is 3.55. The largest absolute Gasteiger partial charge is 0.491 e. The van der Waals surface area contributed by atoms with Gasteiger partial charge in [-0.3, -0.25) is 4.99 Å². The highest BCUT2D eigenvalue weighted by Gasteiger charge is 2.08. The quantitative estimate of drug-likeness (QED) is 0.251. The summed E-state index contributed by atoms with van der Waals surface area (Å²) in [6.07, 6.45) is 6.01. The summed E-state index contributed by atoms with van der Waals surface area (Å²) in [5, 5.41) is 6.74. The molecule has 1 aromatic heterocycles. The lowest BCUT2D eigenvalue weighted by Crippen LogP contribution is -2.37. The highest BCUT2D eigenvalue weighted by atomic mass is 16.5. The third-order valence-electron chi connectivity index (χ3n) is 5.36. The Morgan fingerprint density at radius 1 is 1.06 bits per heavy atom. The maximum atomic E-state index is 5.89. The van der Waals surface area contributed by atoms with E-state index in [0.29, 0.717) is 26.3 Å². The van der Waals surface area contributed by atoms with Crippen LogP contribution in [0, 0.1) is 6.92 Å². The van der Waals surface area contributed by atoms with Crippen molar-refractivity contribution in [3.05, 3.63) is 83.4 Å². The minimum Gasteiger partial charge on any atom is -0.491 e. The van der Waals surface area contributed by atoms with E-state index in [4.69, 9.17) is 9.47 Å². The molecule has 176 valence electrons. The molecule has 3 rings (SSSR count). The van der Waals surface area contributed by atoms with E-state index in [9.17, 15) is 0 Å². The van der Waals surface area contributed by atoms with Crippen molar-refractivity contribution in [2.24, 2.45) is 4.99 Å². The molecular weight excluding hydrogens is 414 g/mol. The van der Waals surface area contributed by atoms with Gasteiger partial charge in [-0.25, -0.2) is 4.98 Å². The van der Waals surface area contributed by atoms with Crippen molar-refractivity contribution >= 4 is 5.96 Å². The summed E-state index contributed by atoms with van der Waals surface area (Å²) >= 11 is 0. The number of methoxy groups -OCH3 is 1. The number of ether oxygens (including phenoxy) is 2. The van der Waals surface area contributed by atoms with Crippen molar-refractivity contribution in [1.82, 2.24) is 20.2 Å². The molecule has 0 bridgehead atoms. The van der Waals surface area contributed by atoms with Gasteiger partial charge in [-0.2, -0.15) is 0 Å². The van der Waals surface area contributed by atoms with E-state index in [2.05, 4.69) is 80.6 Å². The second-order valence-corrected chi connectivity index (χ2v) is 7.86. The Kier molecular flexibility index (Phi) is 9.79. The van der Waals surface area contributed by atoms with E-state index in [0.717, 1.165) is 48.0 Å². The number of aromatic nitrogens is 2. The van der Waals surface area contributed by atoms with Gasteiger partial charge in [0.1, 0.15) is 18.2 Å². The van der Waals surface area contributed by atoms with Crippen LogP contribution in [-0.4, -0.2) is 42.9 Å². The maximum Gasteiger partial charge on any atom is 0.191 e. The van der Waals surface area contributed by atoms with E-state index in [1.54, 1.807) is 14.2 Å². The van der Waals surface area contributed by atoms with Crippen molar-refractivity contribution in [3.63, 3.8) is 0 Å². The SMILES string of the molecule is CN=C(NCc1ccc(C)cc1OCCOC)NCc1nccn1CCCc1ccccc1. The van der Waals surface area contributed by atoms with Crippen LogP contribution in [0.1, 0.15) is 28.9 Å². The van der Waals surface area contributed by atoms with Crippen LogP contribution in [0.25, 0.3) is 0 Å². The molecule has 0 aliphatic rings. The first kappa shape index (κ1) is 24.3. The molecule has 3 aromatic rings. The van der Waals surface area contributed by atoms with Crippen LogP contribution in [0.15, 0.2) is 65.9 Å². The van der Waals surface area contributed by atoms with Crippen molar-refractivity contribution in [3.8, 4) is 5.75 Å². The molecular formula is C26H35N5O2. The van der Waals surface area contributed by atoms with Crippen molar-refractivity contribution < 1.29 is 9.47 Å². The highest BCUT2D eigenvalue weighted by molar-refractivity contribution is 5.79. The molecule has 0 aliphatic carbocycles. The van der Waals surface area contributed by atoms with Gasteiger partial charge in [0, 0.05) is 45.2 Å². The van der Waals surface area contributed by atoms with Crippen LogP contribution in [0.2, 0.25) is 0 Å². The molecule has 0 unspecified atom stereocenters. The standard InChI is InChI=1S/C26H35N5O2/c1-21-11-12-23(24(18-21)33-17-16-32-3)19-29-26(27-2)30-20-25-28-13-15-31(25)14-7-10-22-8-5-4-6-9-22/h4-6,8-9,11-13,15,18H,7,10,14,16-17,19-20H2,1-3H3,(H2,27,29,30). The van der Waals surface area contributed by atoms with Gasteiger partial charge in [0.15, 0.2) is 5.96 Å². The number of rotatable bonds is 12. The molecule has 0 aliphatic heterocycles. The van der Waals surface area contributed by atoms with Crippen molar-refractivity contribution in [1.29, 1.82) is 0 Å². The summed E-state index contributed by atoms with van der Waals surface area (Å²) in [4.78, 5) is 8.87. The van der Waals surface area contributed by atoms with Gasteiger partial charge in [0.05, 0.1) is 13.2 Å². The van der Waals surface area contributed by atoms with Crippen LogP contribution in [0.4, 0.5) is 0 Å². The average molecular weight is 450 g/mol. The van der Waals surface area contributed by atoms with Crippen molar-refractivity contribution in [2.45, 2.75) is 39.4 Å². The summed E-state index contributed by atoms with van der Waals surface area (Å²) in [6, 6.07) is 16.8. The maximum absolute atomic E-state index is 5.89. The molecule has 7 nitrogen and oxygen atoms in total. The van der Waals surface area contributed by atoms with Crippen molar-refractivity contribution in [2.75, 3.05) is 27.4 Å². The molecule has 0 spiro atoms. The first-order valence-corrected chi connectivity index (χ1v) is 11.4. The number of aryl methyl sites for hydroxylation is 3. The molecule has 0 saturated heterocycles. The number of nitrogens with one attached hydrogen (secondary N) is 2. The molecule has 1 heterocycles. The number of nitrogens with zero attached hydrogens (tertiary/aromatic N) is 3. The number of hydrogen-bond acceptors (Lipinski definition) is 4. The third kappa shape index (κ3) is 7.95. The molecule has 0 saturated carbocycles. The van der Waals surface area contributed by atoms with Gasteiger partial charge in [-0.05, 0) is 37.0 Å². The van der Waals surface area contributed by atoms with Gasteiger partial charge in [0.25, 0.3) is 0 Å². The van der Waals surface area contributed by atoms with Gasteiger partial charge in [-0.1, -0.05) is 42.5 Å². The third-order valence-corrected chi connectivity index (χ3v) is 5.36. The lowest BCUT2D eigenvalue weighted by atomic mass is 10.1. The Labute approximate surface area is 196 Å². The second kappa shape index (κ2) is 13.3. The van der Waals surface area contributed by atoms with Gasteiger partial charge < -0.3 is 24.7 Å². The molecule has 0 radical (unpaired) electrons. The normalized spacial score (nSPS) is 11.4. The first-order chi connectivity index (χ1) is 16.2. The molecule has 2 aromatic carbocycles. The molecule has 7 heteroatoms. The zero-order valence-corrected chi connectivity index (χ0v) is 19.9. The monoisotopic (exact) mass is 449 g/mol. The molecule has 0 amide bonds. The van der Waals surface area contributed by atoms with Crippen LogP contribution in [-0.2, 0) is 30.8 Å². The van der Waals surface area contributed by atoms with Crippen LogP contribution in [0.3, 0.4) is 0 Å². The number of aliphatic imine (C=N–C) groups is 1. The van der Waals surface area contributed by atoms with Gasteiger partial charge in [-0.15, -0.1) is 0 Å². The van der Waals surface area contributed by atoms with E-state index in [1.807, 2.05) is 12.4 Å². The van der Waals surface area contributed by atoms with E-state index >= 15 is 0 Å². The smallest absolute Gasteiger partial charge is 0.191 e. The topological polar surface area (TPSA) is 72.7 Å². The lowest BCUT2D eigenvalue weighted by Gasteiger charge is -2.16. The fraction of sp³-hybridized carbons (Fsp3) is 0.385. The lowest BCUT2D eigenvalue weighted by molar-refractivity contribution is 0.145. The summed E-state index contributed by atoms with van der Waals surface area (Å²) in [6.45, 7) is 5.28. The van der Waals surface area contributed by atoms with E-state index < -0.39 is 0 Å². The number of guanidine groups is 1. The predicted molar refractivity (Wildman–Crippen MR) is 133 cm³/mol. The minimum atomic E-state index is 0.521. The molecule has 33 heavy (non-hydrogen) atoms. The summed E-state index contributed by atoms with van der Waals surface area (Å²) in [5.74, 6) is 2.58. The number of hydrogen-bond donors (Lipinski definition) is 2. The van der Waals surface area contributed by atoms with E-state index in [-0.39, 0.29) is 0 Å². The molecule has 2 N–H and O–H groups in total. The second-order valence-electron chi connectivity index (χ2n) is 7.86. The van der Waals surface area contributed by atoms with Gasteiger partial charge in [0.2, 0.25) is 0 Å². The minimum absolute atomic E-state index is 0.521. The van der Waals surface area contributed by atoms with Crippen LogP contribution in [0.5, 0.6) is 5.75 Å². The summed E-state index contributed by atoms with van der Waals surface area (Å²) in [5.41, 5.74) is 3.60. The number of imidazole rings is 1. The Bertz CT molecular complexity index is 1000. The Hall–Kier alpha value is -3.32. The van der Waals surface area contributed by atoms with Gasteiger partial charge >= 0.3 is 0 Å². The van der Waals surface area contributed by atoms with Crippen LogP contribution < -0.4 is 15.4 Å².